The molecule has 0 aliphatic rings. The molecule has 0 fully saturated rings. The summed E-state index contributed by atoms with van der Waals surface area (Å²) in [7, 11) is 1.64. The van der Waals surface area contributed by atoms with Crippen LogP contribution in [0.1, 0.15) is 13.3 Å². The molecule has 1 atom stereocenters. The molecule has 0 amide bonds. The van der Waals surface area contributed by atoms with Crippen LogP contribution in [0.5, 0.6) is 0 Å². The molecule has 1 unspecified atom stereocenters. The SMILES string of the molecule is C=CCOCCOCC(CC)(COCCOC)COCCOC(=O)C=C. The quantitative estimate of drug-likeness (QED) is 0.148. The van der Waals surface area contributed by atoms with Gasteiger partial charge in [0.25, 0.3) is 0 Å². The van der Waals surface area contributed by atoms with E-state index < -0.39 is 5.97 Å². The standard InChI is InChI=1S/C19H34O7/c1-5-8-22-11-12-24-16-19(7-3,15-23-10-9-21-4)17-25-13-14-26-18(20)6-2/h5-6H,1-2,7-17H2,3-4H3. The van der Waals surface area contributed by atoms with Crippen LogP contribution in [-0.2, 0) is 33.2 Å². The van der Waals surface area contributed by atoms with E-state index in [9.17, 15) is 4.79 Å². The summed E-state index contributed by atoms with van der Waals surface area (Å²) in [5, 5.41) is 0. The van der Waals surface area contributed by atoms with E-state index in [1.807, 2.05) is 0 Å². The van der Waals surface area contributed by atoms with Crippen molar-refractivity contribution < 1.29 is 33.2 Å². The molecule has 0 spiro atoms. The molecule has 0 bridgehead atoms. The third kappa shape index (κ3) is 13.0. The van der Waals surface area contributed by atoms with E-state index in [1.165, 1.54) is 0 Å². The van der Waals surface area contributed by atoms with Crippen molar-refractivity contribution in [3.63, 3.8) is 0 Å². The second-order valence-corrected chi connectivity index (χ2v) is 5.74. The van der Waals surface area contributed by atoms with E-state index in [0.29, 0.717) is 59.5 Å². The molecule has 0 saturated heterocycles. The van der Waals surface area contributed by atoms with Crippen molar-refractivity contribution in [2.45, 2.75) is 13.3 Å². The van der Waals surface area contributed by atoms with E-state index in [0.717, 1.165) is 12.5 Å². The first-order valence-electron chi connectivity index (χ1n) is 8.84. The molecule has 0 aliphatic heterocycles. The van der Waals surface area contributed by atoms with Gasteiger partial charge < -0.3 is 28.4 Å². The van der Waals surface area contributed by atoms with Gasteiger partial charge in [0.1, 0.15) is 6.61 Å². The molecule has 152 valence electrons. The molecule has 0 heterocycles. The van der Waals surface area contributed by atoms with Crippen LogP contribution >= 0.6 is 0 Å². The molecule has 0 rings (SSSR count). The van der Waals surface area contributed by atoms with Crippen LogP contribution in [0.25, 0.3) is 0 Å². The molecule has 0 radical (unpaired) electrons. The summed E-state index contributed by atoms with van der Waals surface area (Å²) in [6, 6.07) is 0. The smallest absolute Gasteiger partial charge is 0.330 e. The normalized spacial score (nSPS) is 13.2. The number of rotatable bonds is 19. The van der Waals surface area contributed by atoms with Gasteiger partial charge in [0.2, 0.25) is 0 Å². The number of hydrogen-bond acceptors (Lipinski definition) is 7. The van der Waals surface area contributed by atoms with Crippen LogP contribution in [0, 0.1) is 5.41 Å². The zero-order chi connectivity index (χ0) is 19.5. The number of carbonyl (C=O) groups excluding carboxylic acids is 1. The number of carbonyl (C=O) groups is 1. The van der Waals surface area contributed by atoms with Crippen LogP contribution < -0.4 is 0 Å². The third-order valence-corrected chi connectivity index (χ3v) is 3.65. The fourth-order valence-electron chi connectivity index (χ4n) is 1.98. The highest BCUT2D eigenvalue weighted by molar-refractivity contribution is 5.81. The van der Waals surface area contributed by atoms with Crippen LogP contribution in [0.4, 0.5) is 0 Å². The van der Waals surface area contributed by atoms with Crippen molar-refractivity contribution in [2.75, 3.05) is 73.2 Å². The topological polar surface area (TPSA) is 72.5 Å². The van der Waals surface area contributed by atoms with Gasteiger partial charge in [-0.05, 0) is 6.42 Å². The lowest BCUT2D eigenvalue weighted by molar-refractivity contribution is -0.140. The van der Waals surface area contributed by atoms with E-state index in [1.54, 1.807) is 13.2 Å². The summed E-state index contributed by atoms with van der Waals surface area (Å²) >= 11 is 0. The van der Waals surface area contributed by atoms with Crippen molar-refractivity contribution in [3.8, 4) is 0 Å². The molecule has 0 saturated carbocycles. The van der Waals surface area contributed by atoms with Gasteiger partial charge in [0.05, 0.1) is 59.5 Å². The van der Waals surface area contributed by atoms with Crippen LogP contribution in [0.3, 0.4) is 0 Å². The number of methoxy groups -OCH3 is 1. The Balaban J connectivity index is 4.31. The van der Waals surface area contributed by atoms with Gasteiger partial charge >= 0.3 is 5.97 Å². The summed E-state index contributed by atoms with van der Waals surface area (Å²) in [5.74, 6) is -0.457. The lowest BCUT2D eigenvalue weighted by Gasteiger charge is -2.32. The summed E-state index contributed by atoms with van der Waals surface area (Å²) in [4.78, 5) is 11.0. The fraction of sp³-hybridized carbons (Fsp3) is 0.737. The Morgan fingerprint density at radius 1 is 0.885 bits per heavy atom. The lowest BCUT2D eigenvalue weighted by atomic mass is 9.88. The zero-order valence-corrected chi connectivity index (χ0v) is 16.2. The molecule has 0 aromatic rings. The second kappa shape index (κ2) is 17.2. The second-order valence-electron chi connectivity index (χ2n) is 5.74. The molecule has 0 N–H and O–H groups in total. The molecule has 26 heavy (non-hydrogen) atoms. The minimum absolute atomic E-state index is 0.186. The summed E-state index contributed by atoms with van der Waals surface area (Å²) in [6.07, 6.45) is 3.65. The van der Waals surface area contributed by atoms with E-state index in [4.69, 9.17) is 28.4 Å². The van der Waals surface area contributed by atoms with Gasteiger partial charge in [-0.3, -0.25) is 0 Å². The van der Waals surface area contributed by atoms with Crippen LogP contribution in [-0.4, -0.2) is 79.1 Å². The molecule has 7 heteroatoms. The maximum Gasteiger partial charge on any atom is 0.330 e. The predicted molar refractivity (Wildman–Crippen MR) is 99.2 cm³/mol. The average molecular weight is 374 g/mol. The number of esters is 1. The zero-order valence-electron chi connectivity index (χ0n) is 16.2. The van der Waals surface area contributed by atoms with Gasteiger partial charge in [-0.25, -0.2) is 4.79 Å². The molecule has 0 aromatic heterocycles. The molecular weight excluding hydrogens is 340 g/mol. The first-order valence-corrected chi connectivity index (χ1v) is 8.84. The van der Waals surface area contributed by atoms with Crippen LogP contribution in [0.15, 0.2) is 25.3 Å². The monoisotopic (exact) mass is 374 g/mol. The van der Waals surface area contributed by atoms with E-state index >= 15 is 0 Å². The maximum absolute atomic E-state index is 11.0. The third-order valence-electron chi connectivity index (χ3n) is 3.65. The fourth-order valence-corrected chi connectivity index (χ4v) is 1.98. The van der Waals surface area contributed by atoms with Crippen molar-refractivity contribution in [1.82, 2.24) is 0 Å². The Labute approximate surface area is 157 Å². The molecule has 0 aliphatic carbocycles. The summed E-state index contributed by atoms with van der Waals surface area (Å²) in [5.41, 5.74) is -0.283. The van der Waals surface area contributed by atoms with Gasteiger partial charge in [0, 0.05) is 18.6 Å². The molecular formula is C19H34O7. The van der Waals surface area contributed by atoms with Crippen LogP contribution in [0.2, 0.25) is 0 Å². The largest absolute Gasteiger partial charge is 0.460 e. The number of hydrogen-bond donors (Lipinski definition) is 0. The van der Waals surface area contributed by atoms with Crippen molar-refractivity contribution >= 4 is 5.97 Å². The molecule has 7 nitrogen and oxygen atoms in total. The lowest BCUT2D eigenvalue weighted by Crippen LogP contribution is -2.38. The van der Waals surface area contributed by atoms with Crippen molar-refractivity contribution in [2.24, 2.45) is 5.41 Å². The Hall–Kier alpha value is -1.25. The van der Waals surface area contributed by atoms with Gasteiger partial charge in [-0.2, -0.15) is 0 Å². The highest BCUT2D eigenvalue weighted by Crippen LogP contribution is 2.24. The van der Waals surface area contributed by atoms with E-state index in [2.05, 4.69) is 20.1 Å². The summed E-state index contributed by atoms with van der Waals surface area (Å²) in [6.45, 7) is 13.5. The Morgan fingerprint density at radius 2 is 1.42 bits per heavy atom. The average Bonchev–Trinajstić information content (AvgIpc) is 2.66. The molecule has 0 aromatic carbocycles. The Kier molecular flexibility index (Phi) is 16.4. The number of ether oxygens (including phenoxy) is 6. The minimum Gasteiger partial charge on any atom is -0.460 e. The Bertz CT molecular complexity index is 373. The van der Waals surface area contributed by atoms with Gasteiger partial charge in [-0.15, -0.1) is 6.58 Å². The minimum atomic E-state index is -0.457. The highest BCUT2D eigenvalue weighted by Gasteiger charge is 2.29. The first-order chi connectivity index (χ1) is 12.6. The van der Waals surface area contributed by atoms with E-state index in [-0.39, 0.29) is 12.0 Å². The highest BCUT2D eigenvalue weighted by atomic mass is 16.6. The van der Waals surface area contributed by atoms with Gasteiger partial charge in [0.15, 0.2) is 0 Å². The maximum atomic E-state index is 11.0. The Morgan fingerprint density at radius 3 is 1.92 bits per heavy atom. The van der Waals surface area contributed by atoms with Crippen molar-refractivity contribution in [3.05, 3.63) is 25.3 Å². The van der Waals surface area contributed by atoms with Crippen molar-refractivity contribution in [1.29, 1.82) is 0 Å². The predicted octanol–water partition coefficient (Wildman–Crippen LogP) is 2.01. The summed E-state index contributed by atoms with van der Waals surface area (Å²) < 4.78 is 32.4. The first kappa shape index (κ1) is 24.8. The van der Waals surface area contributed by atoms with Gasteiger partial charge in [-0.1, -0.05) is 19.6 Å².